The van der Waals surface area contributed by atoms with Gasteiger partial charge in [-0.15, -0.1) is 0 Å². The number of ether oxygens (including phenoxy) is 1. The topological polar surface area (TPSA) is 26.3 Å². The minimum Gasteiger partial charge on any atom is -0.497 e. The highest BCUT2D eigenvalue weighted by Gasteiger charge is 2.10. The van der Waals surface area contributed by atoms with Crippen molar-refractivity contribution in [1.82, 2.24) is 0 Å². The molecule has 19 heavy (non-hydrogen) atoms. The molecule has 98 valence electrons. The first-order chi connectivity index (χ1) is 9.10. The Morgan fingerprint density at radius 3 is 2.53 bits per heavy atom. The molecule has 0 aliphatic heterocycles. The summed E-state index contributed by atoms with van der Waals surface area (Å²) in [5.41, 5.74) is 3.95. The number of methoxy groups -OCH3 is 1. The summed E-state index contributed by atoms with van der Waals surface area (Å²) < 4.78 is 5.15. The maximum absolute atomic E-state index is 12.3. The lowest BCUT2D eigenvalue weighted by molar-refractivity contribution is 0.0992. The van der Waals surface area contributed by atoms with Crippen LogP contribution < -0.4 is 4.74 Å². The molecule has 0 spiro atoms. The Kier molecular flexibility index (Phi) is 4.00. The molecule has 0 radical (unpaired) electrons. The summed E-state index contributed by atoms with van der Waals surface area (Å²) in [6.45, 7) is 3.97. The third-order valence-corrected chi connectivity index (χ3v) is 3.18. The van der Waals surface area contributed by atoms with Gasteiger partial charge in [-0.2, -0.15) is 0 Å². The minimum atomic E-state index is 0.144. The molecule has 0 bridgehead atoms. The summed E-state index contributed by atoms with van der Waals surface area (Å²) >= 11 is 0. The molecule has 0 saturated carbocycles. The van der Waals surface area contributed by atoms with Crippen molar-refractivity contribution in [3.63, 3.8) is 0 Å². The van der Waals surface area contributed by atoms with Gasteiger partial charge in [0.15, 0.2) is 5.78 Å². The fourth-order valence-electron chi connectivity index (χ4n) is 2.18. The standard InChI is InChI=1S/C17H18O2/c1-12-5-4-6-14(9-12)11-17(18)16-8-7-15(19-3)10-13(16)2/h4-10H,11H2,1-3H3. The largest absolute Gasteiger partial charge is 0.497 e. The Hall–Kier alpha value is -2.09. The van der Waals surface area contributed by atoms with E-state index in [1.807, 2.05) is 50.2 Å². The Morgan fingerprint density at radius 2 is 1.89 bits per heavy atom. The Bertz CT molecular complexity index is 600. The van der Waals surface area contributed by atoms with Gasteiger partial charge >= 0.3 is 0 Å². The zero-order chi connectivity index (χ0) is 13.8. The van der Waals surface area contributed by atoms with Gasteiger partial charge in [0.2, 0.25) is 0 Å². The van der Waals surface area contributed by atoms with Crippen molar-refractivity contribution < 1.29 is 9.53 Å². The van der Waals surface area contributed by atoms with Crippen LogP contribution in [0.4, 0.5) is 0 Å². The van der Waals surface area contributed by atoms with Gasteiger partial charge in [-0.25, -0.2) is 0 Å². The number of carbonyl (C=O) groups is 1. The summed E-state index contributed by atoms with van der Waals surface area (Å²) in [6, 6.07) is 13.6. The van der Waals surface area contributed by atoms with Gasteiger partial charge in [0.05, 0.1) is 7.11 Å². The summed E-state index contributed by atoms with van der Waals surface area (Å²) in [7, 11) is 1.63. The minimum absolute atomic E-state index is 0.144. The molecule has 0 aliphatic carbocycles. The van der Waals surface area contributed by atoms with E-state index in [1.54, 1.807) is 7.11 Å². The van der Waals surface area contributed by atoms with E-state index in [0.717, 1.165) is 22.4 Å². The zero-order valence-electron chi connectivity index (χ0n) is 11.6. The van der Waals surface area contributed by atoms with Gasteiger partial charge in [-0.1, -0.05) is 29.8 Å². The van der Waals surface area contributed by atoms with Crippen molar-refractivity contribution in [2.24, 2.45) is 0 Å². The molecule has 0 aliphatic rings. The van der Waals surface area contributed by atoms with Gasteiger partial charge < -0.3 is 4.74 Å². The second kappa shape index (κ2) is 5.70. The molecule has 2 nitrogen and oxygen atoms in total. The molecule has 0 atom stereocenters. The molecule has 0 saturated heterocycles. The monoisotopic (exact) mass is 254 g/mol. The number of carbonyl (C=O) groups excluding carboxylic acids is 1. The highest BCUT2D eigenvalue weighted by molar-refractivity contribution is 5.98. The summed E-state index contributed by atoms with van der Waals surface area (Å²) in [5, 5.41) is 0. The van der Waals surface area contributed by atoms with Crippen LogP contribution in [0.15, 0.2) is 42.5 Å². The first kappa shape index (κ1) is 13.3. The van der Waals surface area contributed by atoms with E-state index >= 15 is 0 Å². The Morgan fingerprint density at radius 1 is 1.11 bits per heavy atom. The third kappa shape index (κ3) is 3.22. The highest BCUT2D eigenvalue weighted by Crippen LogP contribution is 2.18. The number of benzene rings is 2. The van der Waals surface area contributed by atoms with Gasteiger partial charge in [-0.05, 0) is 43.2 Å². The lowest BCUT2D eigenvalue weighted by atomic mass is 9.98. The second-order valence-electron chi connectivity index (χ2n) is 4.77. The average molecular weight is 254 g/mol. The number of hydrogen-bond donors (Lipinski definition) is 0. The highest BCUT2D eigenvalue weighted by atomic mass is 16.5. The molecule has 0 heterocycles. The van der Waals surface area contributed by atoms with Crippen LogP contribution in [0.2, 0.25) is 0 Å². The normalized spacial score (nSPS) is 10.3. The van der Waals surface area contributed by atoms with Crippen LogP contribution in [0, 0.1) is 13.8 Å². The lowest BCUT2D eigenvalue weighted by Crippen LogP contribution is -2.06. The Balaban J connectivity index is 2.20. The average Bonchev–Trinajstić information content (AvgIpc) is 2.38. The van der Waals surface area contributed by atoms with Gasteiger partial charge in [0.25, 0.3) is 0 Å². The van der Waals surface area contributed by atoms with Gasteiger partial charge in [0.1, 0.15) is 5.75 Å². The first-order valence-electron chi connectivity index (χ1n) is 6.33. The second-order valence-corrected chi connectivity index (χ2v) is 4.77. The predicted octanol–water partition coefficient (Wildman–Crippen LogP) is 3.74. The fourth-order valence-corrected chi connectivity index (χ4v) is 2.18. The molecule has 2 aromatic carbocycles. The van der Waals surface area contributed by atoms with Crippen LogP contribution >= 0.6 is 0 Å². The van der Waals surface area contributed by atoms with E-state index in [2.05, 4.69) is 6.07 Å². The summed E-state index contributed by atoms with van der Waals surface area (Å²) in [5.74, 6) is 0.926. The lowest BCUT2D eigenvalue weighted by Gasteiger charge is -2.08. The van der Waals surface area contributed by atoms with Crippen LogP contribution in [-0.2, 0) is 6.42 Å². The molecule has 0 amide bonds. The number of Topliss-reactive ketones (excluding diaryl/α,β-unsaturated/α-hetero) is 1. The van der Waals surface area contributed by atoms with Crippen LogP contribution in [0.5, 0.6) is 5.75 Å². The van der Waals surface area contributed by atoms with Crippen molar-refractivity contribution in [2.75, 3.05) is 7.11 Å². The smallest absolute Gasteiger partial charge is 0.167 e. The number of rotatable bonds is 4. The zero-order valence-corrected chi connectivity index (χ0v) is 11.6. The quantitative estimate of drug-likeness (QED) is 0.777. The van der Waals surface area contributed by atoms with E-state index in [1.165, 1.54) is 5.56 Å². The van der Waals surface area contributed by atoms with E-state index < -0.39 is 0 Å². The van der Waals surface area contributed by atoms with Crippen molar-refractivity contribution in [1.29, 1.82) is 0 Å². The first-order valence-corrected chi connectivity index (χ1v) is 6.33. The molecule has 0 unspecified atom stereocenters. The molecular formula is C17H18O2. The molecule has 2 rings (SSSR count). The van der Waals surface area contributed by atoms with Crippen LogP contribution in [-0.4, -0.2) is 12.9 Å². The molecule has 0 fully saturated rings. The van der Waals surface area contributed by atoms with Crippen molar-refractivity contribution in [3.8, 4) is 5.75 Å². The van der Waals surface area contributed by atoms with E-state index in [9.17, 15) is 4.79 Å². The maximum atomic E-state index is 12.3. The van der Waals surface area contributed by atoms with Crippen LogP contribution in [0.3, 0.4) is 0 Å². The fraction of sp³-hybridized carbons (Fsp3) is 0.235. The Labute approximate surface area is 114 Å². The molecule has 2 aromatic rings. The molecular weight excluding hydrogens is 236 g/mol. The number of hydrogen-bond acceptors (Lipinski definition) is 2. The predicted molar refractivity (Wildman–Crippen MR) is 76.9 cm³/mol. The molecule has 0 aromatic heterocycles. The van der Waals surface area contributed by atoms with Crippen molar-refractivity contribution >= 4 is 5.78 Å². The van der Waals surface area contributed by atoms with Crippen molar-refractivity contribution in [2.45, 2.75) is 20.3 Å². The van der Waals surface area contributed by atoms with Crippen LogP contribution in [0.25, 0.3) is 0 Å². The SMILES string of the molecule is COc1ccc(C(=O)Cc2cccc(C)c2)c(C)c1. The number of ketones is 1. The molecule has 2 heteroatoms. The van der Waals surface area contributed by atoms with E-state index in [-0.39, 0.29) is 5.78 Å². The van der Waals surface area contributed by atoms with Gasteiger partial charge in [-0.3, -0.25) is 4.79 Å². The number of aryl methyl sites for hydroxylation is 2. The summed E-state index contributed by atoms with van der Waals surface area (Å²) in [4.78, 5) is 12.3. The molecule has 0 N–H and O–H groups in total. The van der Waals surface area contributed by atoms with E-state index in [4.69, 9.17) is 4.74 Å². The van der Waals surface area contributed by atoms with Crippen molar-refractivity contribution in [3.05, 3.63) is 64.7 Å². The van der Waals surface area contributed by atoms with Gasteiger partial charge in [0, 0.05) is 12.0 Å². The third-order valence-electron chi connectivity index (χ3n) is 3.18. The van der Waals surface area contributed by atoms with Crippen LogP contribution in [0.1, 0.15) is 27.0 Å². The summed E-state index contributed by atoms with van der Waals surface area (Å²) in [6.07, 6.45) is 0.439. The van der Waals surface area contributed by atoms with E-state index in [0.29, 0.717) is 6.42 Å². The maximum Gasteiger partial charge on any atom is 0.167 e.